The van der Waals surface area contributed by atoms with Gasteiger partial charge in [-0.1, -0.05) is 24.3 Å². The lowest BCUT2D eigenvalue weighted by atomic mass is 10.1. The normalized spacial score (nSPS) is 10.9. The van der Waals surface area contributed by atoms with Crippen LogP contribution < -0.4 is 11.0 Å². The molecular formula is C18H19N3O3. The predicted molar refractivity (Wildman–Crippen MR) is 92.0 cm³/mol. The molecular weight excluding hydrogens is 306 g/mol. The van der Waals surface area contributed by atoms with E-state index in [4.69, 9.17) is 0 Å². The predicted octanol–water partition coefficient (Wildman–Crippen LogP) is 1.40. The van der Waals surface area contributed by atoms with Crippen LogP contribution in [0.5, 0.6) is 5.75 Å². The van der Waals surface area contributed by atoms with Crippen LogP contribution in [0.2, 0.25) is 0 Å². The number of imidazole rings is 1. The number of hydrogen-bond donors (Lipinski definition) is 2. The van der Waals surface area contributed by atoms with Gasteiger partial charge < -0.3 is 10.4 Å². The van der Waals surface area contributed by atoms with Crippen molar-refractivity contribution in [2.75, 3.05) is 6.54 Å². The second kappa shape index (κ2) is 6.62. The molecule has 0 saturated heterocycles. The van der Waals surface area contributed by atoms with Gasteiger partial charge in [-0.05, 0) is 36.2 Å². The Morgan fingerprint density at radius 2 is 1.88 bits per heavy atom. The van der Waals surface area contributed by atoms with Crippen molar-refractivity contribution < 1.29 is 9.90 Å². The lowest BCUT2D eigenvalue weighted by molar-refractivity contribution is -0.121. The lowest BCUT2D eigenvalue weighted by Crippen LogP contribution is -2.33. The first-order valence-electron chi connectivity index (χ1n) is 7.75. The summed E-state index contributed by atoms with van der Waals surface area (Å²) in [5, 5.41) is 12.2. The summed E-state index contributed by atoms with van der Waals surface area (Å²) < 4.78 is 3.01. The molecule has 6 nitrogen and oxygen atoms in total. The molecule has 2 aromatic carbocycles. The first kappa shape index (κ1) is 15.9. The summed E-state index contributed by atoms with van der Waals surface area (Å²) in [5.74, 6) is -0.00487. The van der Waals surface area contributed by atoms with Crippen molar-refractivity contribution in [3.05, 3.63) is 64.6 Å². The fourth-order valence-corrected chi connectivity index (χ4v) is 2.77. The summed E-state index contributed by atoms with van der Waals surface area (Å²) in [5.41, 5.74) is 2.28. The number of aromatic hydroxyl groups is 1. The first-order valence-corrected chi connectivity index (χ1v) is 7.75. The van der Waals surface area contributed by atoms with Gasteiger partial charge in [0.05, 0.1) is 11.0 Å². The van der Waals surface area contributed by atoms with Crippen molar-refractivity contribution in [1.29, 1.82) is 0 Å². The fourth-order valence-electron chi connectivity index (χ4n) is 2.77. The Morgan fingerprint density at radius 1 is 1.12 bits per heavy atom. The number of fused-ring (bicyclic) bond motifs is 1. The van der Waals surface area contributed by atoms with Gasteiger partial charge in [-0.15, -0.1) is 0 Å². The van der Waals surface area contributed by atoms with Crippen LogP contribution in [-0.2, 0) is 24.8 Å². The van der Waals surface area contributed by atoms with Crippen molar-refractivity contribution in [1.82, 2.24) is 14.5 Å². The Balaban J connectivity index is 1.65. The van der Waals surface area contributed by atoms with E-state index in [1.165, 1.54) is 9.13 Å². The van der Waals surface area contributed by atoms with Crippen LogP contribution in [0.4, 0.5) is 0 Å². The molecule has 0 spiro atoms. The molecule has 0 atom stereocenters. The van der Waals surface area contributed by atoms with Crippen LogP contribution in [-0.4, -0.2) is 26.7 Å². The van der Waals surface area contributed by atoms with Crippen LogP contribution in [0.1, 0.15) is 5.56 Å². The van der Waals surface area contributed by atoms with Crippen molar-refractivity contribution in [2.45, 2.75) is 13.0 Å². The van der Waals surface area contributed by atoms with Gasteiger partial charge in [-0.25, -0.2) is 4.79 Å². The molecule has 0 bridgehead atoms. The molecule has 1 amide bonds. The summed E-state index contributed by atoms with van der Waals surface area (Å²) in [6, 6.07) is 14.3. The number of rotatable bonds is 5. The number of nitrogens with one attached hydrogen (secondary N) is 1. The quantitative estimate of drug-likeness (QED) is 0.744. The van der Waals surface area contributed by atoms with Crippen LogP contribution in [0, 0.1) is 0 Å². The maximum absolute atomic E-state index is 12.3. The van der Waals surface area contributed by atoms with E-state index in [1.807, 2.05) is 30.3 Å². The number of phenolic OH excluding ortho intramolecular Hbond substituents is 1. The average molecular weight is 325 g/mol. The smallest absolute Gasteiger partial charge is 0.329 e. The molecule has 24 heavy (non-hydrogen) atoms. The number of carbonyl (C=O) groups excluding carboxylic acids is 1. The third kappa shape index (κ3) is 3.17. The van der Waals surface area contributed by atoms with Gasteiger partial charge in [0.25, 0.3) is 0 Å². The number of benzene rings is 2. The van der Waals surface area contributed by atoms with E-state index >= 15 is 0 Å². The van der Waals surface area contributed by atoms with Gasteiger partial charge in [0.15, 0.2) is 0 Å². The Bertz CT molecular complexity index is 940. The topological polar surface area (TPSA) is 76.3 Å². The van der Waals surface area contributed by atoms with Gasteiger partial charge in [-0.3, -0.25) is 13.9 Å². The number of hydrogen-bond acceptors (Lipinski definition) is 3. The molecule has 1 aromatic heterocycles. The SMILES string of the molecule is Cn1c(=O)n(CC(=O)NCCc2cccc(O)c2)c2ccccc21. The van der Waals surface area contributed by atoms with Crippen LogP contribution in [0.3, 0.4) is 0 Å². The minimum absolute atomic E-state index is 0.0137. The van der Waals surface area contributed by atoms with E-state index in [1.54, 1.807) is 25.2 Å². The number of aromatic nitrogens is 2. The van der Waals surface area contributed by atoms with Crippen molar-refractivity contribution in [3.63, 3.8) is 0 Å². The molecule has 1 heterocycles. The summed E-state index contributed by atoms with van der Waals surface area (Å²) in [7, 11) is 1.70. The fraction of sp³-hybridized carbons (Fsp3) is 0.222. The monoisotopic (exact) mass is 325 g/mol. The molecule has 0 saturated carbocycles. The second-order valence-electron chi connectivity index (χ2n) is 5.69. The largest absolute Gasteiger partial charge is 0.508 e. The molecule has 0 radical (unpaired) electrons. The standard InChI is InChI=1S/C18H19N3O3/c1-20-15-7-2-3-8-16(15)21(18(20)24)12-17(23)19-10-9-13-5-4-6-14(22)11-13/h2-8,11,22H,9-10,12H2,1H3,(H,19,23). The number of para-hydroxylation sites is 2. The average Bonchev–Trinajstić information content (AvgIpc) is 2.80. The summed E-state index contributed by atoms with van der Waals surface area (Å²) >= 11 is 0. The maximum Gasteiger partial charge on any atom is 0.329 e. The van der Waals surface area contributed by atoms with E-state index in [0.29, 0.717) is 13.0 Å². The number of amides is 1. The molecule has 0 aliphatic rings. The van der Waals surface area contributed by atoms with Crippen LogP contribution in [0.15, 0.2) is 53.3 Å². The third-order valence-electron chi connectivity index (χ3n) is 4.00. The molecule has 3 aromatic rings. The first-order chi connectivity index (χ1) is 11.6. The molecule has 0 aliphatic carbocycles. The molecule has 124 valence electrons. The zero-order chi connectivity index (χ0) is 17.1. The van der Waals surface area contributed by atoms with Gasteiger partial charge in [0, 0.05) is 13.6 Å². The highest BCUT2D eigenvalue weighted by atomic mass is 16.3. The maximum atomic E-state index is 12.3. The summed E-state index contributed by atoms with van der Waals surface area (Å²) in [6.07, 6.45) is 0.616. The lowest BCUT2D eigenvalue weighted by Gasteiger charge is -2.07. The van der Waals surface area contributed by atoms with E-state index < -0.39 is 0 Å². The molecule has 3 rings (SSSR count). The van der Waals surface area contributed by atoms with Crippen LogP contribution >= 0.6 is 0 Å². The van der Waals surface area contributed by atoms with Crippen molar-refractivity contribution in [3.8, 4) is 5.75 Å². The minimum Gasteiger partial charge on any atom is -0.508 e. The number of aryl methyl sites for hydroxylation is 1. The Hall–Kier alpha value is -3.02. The van der Waals surface area contributed by atoms with Crippen molar-refractivity contribution >= 4 is 16.9 Å². The third-order valence-corrected chi connectivity index (χ3v) is 4.00. The number of phenols is 1. The van der Waals surface area contributed by atoms with Gasteiger partial charge in [0.1, 0.15) is 12.3 Å². The summed E-state index contributed by atoms with van der Waals surface area (Å²) in [6.45, 7) is 0.433. The summed E-state index contributed by atoms with van der Waals surface area (Å²) in [4.78, 5) is 24.4. The minimum atomic E-state index is -0.214. The molecule has 0 unspecified atom stereocenters. The second-order valence-corrected chi connectivity index (χ2v) is 5.69. The van der Waals surface area contributed by atoms with E-state index in [-0.39, 0.29) is 23.9 Å². The van der Waals surface area contributed by atoms with E-state index in [0.717, 1.165) is 16.6 Å². The molecule has 2 N–H and O–H groups in total. The zero-order valence-corrected chi connectivity index (χ0v) is 13.4. The Morgan fingerprint density at radius 3 is 2.62 bits per heavy atom. The Labute approximate surface area is 139 Å². The molecule has 6 heteroatoms. The Kier molecular flexibility index (Phi) is 4.37. The molecule has 0 aliphatic heterocycles. The molecule has 0 fully saturated rings. The number of carbonyl (C=O) groups is 1. The van der Waals surface area contributed by atoms with Gasteiger partial charge >= 0.3 is 5.69 Å². The van der Waals surface area contributed by atoms with E-state index in [2.05, 4.69) is 5.32 Å². The van der Waals surface area contributed by atoms with E-state index in [9.17, 15) is 14.7 Å². The van der Waals surface area contributed by atoms with Gasteiger partial charge in [0.2, 0.25) is 5.91 Å². The van der Waals surface area contributed by atoms with Gasteiger partial charge in [-0.2, -0.15) is 0 Å². The highest BCUT2D eigenvalue weighted by Gasteiger charge is 2.12. The highest BCUT2D eigenvalue weighted by molar-refractivity contribution is 5.80. The zero-order valence-electron chi connectivity index (χ0n) is 13.4. The number of nitrogens with zero attached hydrogens (tertiary/aromatic N) is 2. The van der Waals surface area contributed by atoms with Crippen LogP contribution in [0.25, 0.3) is 11.0 Å². The highest BCUT2D eigenvalue weighted by Crippen LogP contribution is 2.12. The van der Waals surface area contributed by atoms with Crippen molar-refractivity contribution in [2.24, 2.45) is 7.05 Å².